The van der Waals surface area contributed by atoms with Crippen LogP contribution >= 0.6 is 0 Å². The van der Waals surface area contributed by atoms with E-state index in [9.17, 15) is 4.79 Å². The van der Waals surface area contributed by atoms with Crippen LogP contribution in [0.3, 0.4) is 0 Å². The van der Waals surface area contributed by atoms with Gasteiger partial charge in [-0.05, 0) is 35.9 Å². The molecule has 1 saturated heterocycles. The number of nitrogens with zero attached hydrogens (tertiary/aromatic N) is 4. The highest BCUT2D eigenvalue weighted by Crippen LogP contribution is 2.19. The number of pyridine rings is 1. The number of benzene rings is 2. The molecule has 1 fully saturated rings. The molecule has 1 aromatic heterocycles. The zero-order valence-electron chi connectivity index (χ0n) is 16.6. The molecule has 0 unspecified atom stereocenters. The second-order valence-corrected chi connectivity index (χ2v) is 7.10. The molecule has 0 spiro atoms. The smallest absolute Gasteiger partial charge is 0.254 e. The molecular weight excluding hydrogens is 376 g/mol. The van der Waals surface area contributed by atoms with Crippen LogP contribution in [0.5, 0.6) is 5.75 Å². The molecular formula is C24H22N4O2. The lowest BCUT2D eigenvalue weighted by Crippen LogP contribution is -2.49. The van der Waals surface area contributed by atoms with Crippen LogP contribution in [0, 0.1) is 11.3 Å². The fourth-order valence-electron chi connectivity index (χ4n) is 3.44. The Morgan fingerprint density at radius 2 is 1.80 bits per heavy atom. The summed E-state index contributed by atoms with van der Waals surface area (Å²) >= 11 is 0. The van der Waals surface area contributed by atoms with Gasteiger partial charge in [0, 0.05) is 37.9 Å². The number of piperazine rings is 1. The van der Waals surface area contributed by atoms with E-state index in [2.05, 4.69) is 16.0 Å². The van der Waals surface area contributed by atoms with Crippen molar-refractivity contribution in [3.63, 3.8) is 0 Å². The molecule has 0 bridgehead atoms. The van der Waals surface area contributed by atoms with Crippen molar-refractivity contribution in [1.82, 2.24) is 9.88 Å². The maximum atomic E-state index is 13.0. The molecule has 30 heavy (non-hydrogen) atoms. The van der Waals surface area contributed by atoms with E-state index in [1.165, 1.54) is 0 Å². The lowest BCUT2D eigenvalue weighted by Gasteiger charge is -2.35. The third-order valence-electron chi connectivity index (χ3n) is 5.09. The van der Waals surface area contributed by atoms with Crippen molar-refractivity contribution < 1.29 is 9.53 Å². The van der Waals surface area contributed by atoms with E-state index in [4.69, 9.17) is 10.00 Å². The number of hydrogen-bond acceptors (Lipinski definition) is 5. The van der Waals surface area contributed by atoms with Gasteiger partial charge in [0.2, 0.25) is 0 Å². The summed E-state index contributed by atoms with van der Waals surface area (Å²) in [5, 5.41) is 9.07. The van der Waals surface area contributed by atoms with Crippen LogP contribution in [0.4, 0.5) is 5.82 Å². The van der Waals surface area contributed by atoms with Crippen molar-refractivity contribution in [2.24, 2.45) is 0 Å². The van der Waals surface area contributed by atoms with Crippen LogP contribution in [-0.4, -0.2) is 42.0 Å². The Balaban J connectivity index is 1.36. The average molecular weight is 398 g/mol. The summed E-state index contributed by atoms with van der Waals surface area (Å²) in [6.07, 6.45) is 1.65. The van der Waals surface area contributed by atoms with Gasteiger partial charge in [-0.15, -0.1) is 0 Å². The lowest BCUT2D eigenvalue weighted by atomic mass is 10.1. The summed E-state index contributed by atoms with van der Waals surface area (Å²) in [6.45, 7) is 3.03. The highest BCUT2D eigenvalue weighted by molar-refractivity contribution is 5.94. The zero-order valence-corrected chi connectivity index (χ0v) is 16.6. The molecule has 0 aliphatic carbocycles. The molecule has 2 heterocycles. The normalized spacial score (nSPS) is 13.6. The highest BCUT2D eigenvalue weighted by Gasteiger charge is 2.23. The molecule has 4 rings (SSSR count). The second kappa shape index (κ2) is 9.10. The first-order valence-electron chi connectivity index (χ1n) is 9.90. The Hall–Kier alpha value is -3.85. The molecule has 0 radical (unpaired) electrons. The number of rotatable bonds is 5. The van der Waals surface area contributed by atoms with Crippen molar-refractivity contribution in [3.05, 3.63) is 89.6 Å². The summed E-state index contributed by atoms with van der Waals surface area (Å²) in [5.74, 6) is 1.46. The van der Waals surface area contributed by atoms with Crippen LogP contribution in [0.15, 0.2) is 72.9 Å². The quantitative estimate of drug-likeness (QED) is 0.658. The van der Waals surface area contributed by atoms with E-state index in [-0.39, 0.29) is 5.91 Å². The Kier molecular flexibility index (Phi) is 5.90. The molecule has 0 atom stereocenters. The number of aromatic nitrogens is 1. The lowest BCUT2D eigenvalue weighted by molar-refractivity contribution is 0.0746. The fraction of sp³-hybridized carbons (Fsp3) is 0.208. The Labute approximate surface area is 176 Å². The summed E-state index contributed by atoms with van der Waals surface area (Å²) < 4.78 is 5.85. The maximum Gasteiger partial charge on any atom is 0.254 e. The van der Waals surface area contributed by atoms with E-state index in [1.807, 2.05) is 53.4 Å². The molecule has 3 aromatic rings. The van der Waals surface area contributed by atoms with Gasteiger partial charge >= 0.3 is 0 Å². The number of carbonyl (C=O) groups excluding carboxylic acids is 1. The monoisotopic (exact) mass is 398 g/mol. The van der Waals surface area contributed by atoms with Crippen LogP contribution in [0.2, 0.25) is 0 Å². The Morgan fingerprint density at radius 3 is 2.57 bits per heavy atom. The first-order chi connectivity index (χ1) is 14.7. The zero-order chi connectivity index (χ0) is 20.8. The molecule has 150 valence electrons. The molecule has 0 saturated carbocycles. The van der Waals surface area contributed by atoms with Gasteiger partial charge in [-0.3, -0.25) is 4.79 Å². The van der Waals surface area contributed by atoms with Crippen molar-refractivity contribution in [1.29, 1.82) is 5.26 Å². The molecule has 2 aromatic carbocycles. The highest BCUT2D eigenvalue weighted by atomic mass is 16.5. The minimum atomic E-state index is -0.00135. The second-order valence-electron chi connectivity index (χ2n) is 7.10. The van der Waals surface area contributed by atoms with E-state index < -0.39 is 0 Å². The van der Waals surface area contributed by atoms with Gasteiger partial charge in [0.15, 0.2) is 0 Å². The first-order valence-corrected chi connectivity index (χ1v) is 9.90. The largest absolute Gasteiger partial charge is 0.489 e. The Morgan fingerprint density at radius 1 is 1.00 bits per heavy atom. The third kappa shape index (κ3) is 4.58. The number of amides is 1. The van der Waals surface area contributed by atoms with Gasteiger partial charge < -0.3 is 14.5 Å². The van der Waals surface area contributed by atoms with Gasteiger partial charge in [0.1, 0.15) is 18.2 Å². The van der Waals surface area contributed by atoms with Crippen molar-refractivity contribution >= 4 is 11.7 Å². The predicted octanol–water partition coefficient (Wildman–Crippen LogP) is 3.49. The standard InChI is InChI=1S/C24H22N4O2/c25-17-20-9-10-26-23(15-20)27-11-13-28(14-12-27)24(29)21-7-4-8-22(16-21)30-18-19-5-2-1-3-6-19/h1-10,15-16H,11-14,18H2. The van der Waals surface area contributed by atoms with Crippen LogP contribution in [0.1, 0.15) is 21.5 Å². The summed E-state index contributed by atoms with van der Waals surface area (Å²) in [4.78, 5) is 21.3. The van der Waals surface area contributed by atoms with Gasteiger partial charge in [-0.1, -0.05) is 36.4 Å². The minimum absolute atomic E-state index is 0.00135. The van der Waals surface area contributed by atoms with E-state index in [1.54, 1.807) is 24.4 Å². The molecule has 6 nitrogen and oxygen atoms in total. The number of anilines is 1. The summed E-state index contributed by atoms with van der Waals surface area (Å²) in [5.41, 5.74) is 2.30. The summed E-state index contributed by atoms with van der Waals surface area (Å²) in [7, 11) is 0. The average Bonchev–Trinajstić information content (AvgIpc) is 2.83. The predicted molar refractivity (Wildman–Crippen MR) is 114 cm³/mol. The van der Waals surface area contributed by atoms with Gasteiger partial charge in [0.25, 0.3) is 5.91 Å². The minimum Gasteiger partial charge on any atom is -0.489 e. The van der Waals surface area contributed by atoms with Gasteiger partial charge in [-0.2, -0.15) is 5.26 Å². The summed E-state index contributed by atoms with van der Waals surface area (Å²) in [6, 6.07) is 22.9. The molecule has 0 N–H and O–H groups in total. The molecule has 6 heteroatoms. The topological polar surface area (TPSA) is 69.5 Å². The van der Waals surface area contributed by atoms with Gasteiger partial charge in [-0.25, -0.2) is 4.98 Å². The first kappa shape index (κ1) is 19.5. The third-order valence-corrected chi connectivity index (χ3v) is 5.09. The number of hydrogen-bond donors (Lipinski definition) is 0. The van der Waals surface area contributed by atoms with Crippen molar-refractivity contribution in [2.75, 3.05) is 31.1 Å². The number of nitriles is 1. The Bertz CT molecular complexity index is 1050. The van der Waals surface area contributed by atoms with Crippen LogP contribution in [0.25, 0.3) is 0 Å². The molecule has 1 amide bonds. The van der Waals surface area contributed by atoms with Gasteiger partial charge in [0.05, 0.1) is 11.6 Å². The van der Waals surface area contributed by atoms with E-state index in [0.29, 0.717) is 49.7 Å². The van der Waals surface area contributed by atoms with E-state index in [0.717, 1.165) is 11.4 Å². The molecule has 1 aliphatic heterocycles. The van der Waals surface area contributed by atoms with Crippen molar-refractivity contribution in [2.45, 2.75) is 6.61 Å². The molecule has 1 aliphatic rings. The van der Waals surface area contributed by atoms with E-state index >= 15 is 0 Å². The fourth-order valence-corrected chi connectivity index (χ4v) is 3.44. The number of ether oxygens (including phenoxy) is 1. The maximum absolute atomic E-state index is 13.0. The van der Waals surface area contributed by atoms with Crippen LogP contribution in [-0.2, 0) is 6.61 Å². The SMILES string of the molecule is N#Cc1ccnc(N2CCN(C(=O)c3cccc(OCc4ccccc4)c3)CC2)c1. The van der Waals surface area contributed by atoms with Crippen molar-refractivity contribution in [3.8, 4) is 11.8 Å². The number of carbonyl (C=O) groups is 1. The van der Waals surface area contributed by atoms with Crippen LogP contribution < -0.4 is 9.64 Å².